The second-order valence-electron chi connectivity index (χ2n) is 4.60. The summed E-state index contributed by atoms with van der Waals surface area (Å²) in [6.07, 6.45) is -1.49. The molecule has 0 aromatic heterocycles. The van der Waals surface area contributed by atoms with Crippen molar-refractivity contribution in [3.63, 3.8) is 0 Å². The fourth-order valence-electron chi connectivity index (χ4n) is 1.74. The lowest BCUT2D eigenvalue weighted by Gasteiger charge is -2.22. The Morgan fingerprint density at radius 2 is 1.40 bits per heavy atom. The van der Waals surface area contributed by atoms with Gasteiger partial charge in [-0.2, -0.15) is 0 Å². The Bertz CT molecular complexity index is 311. The zero-order valence-corrected chi connectivity index (χ0v) is 9.86. The molecule has 1 rings (SSSR count). The molecule has 2 atom stereocenters. The van der Waals surface area contributed by atoms with Gasteiger partial charge in [-0.05, 0) is 25.3 Å². The zero-order chi connectivity index (χ0) is 11.6. The summed E-state index contributed by atoms with van der Waals surface area (Å²) in [6.45, 7) is 7.78. The van der Waals surface area contributed by atoms with Crippen LogP contribution in [0.5, 0.6) is 0 Å². The van der Waals surface area contributed by atoms with Crippen LogP contribution in [0.1, 0.15) is 36.6 Å². The first-order chi connectivity index (χ1) is 6.91. The van der Waals surface area contributed by atoms with Gasteiger partial charge in [-0.25, -0.2) is 0 Å². The average molecular weight is 208 g/mol. The molecule has 0 radical (unpaired) electrons. The quantitative estimate of drug-likeness (QED) is 0.800. The van der Waals surface area contributed by atoms with Crippen molar-refractivity contribution in [2.45, 2.75) is 39.9 Å². The van der Waals surface area contributed by atoms with Gasteiger partial charge in [0.15, 0.2) is 0 Å². The van der Waals surface area contributed by atoms with Gasteiger partial charge in [0.05, 0.1) is 6.10 Å². The fourth-order valence-corrected chi connectivity index (χ4v) is 1.74. The minimum absolute atomic E-state index is 0.0563. The molecule has 0 fully saturated rings. The molecular formula is C13H20O2. The van der Waals surface area contributed by atoms with E-state index in [4.69, 9.17) is 0 Å². The Kier molecular flexibility index (Phi) is 3.89. The molecule has 0 amide bonds. The zero-order valence-electron chi connectivity index (χ0n) is 9.86. The molecule has 1 aromatic rings. The number of aliphatic hydroxyl groups excluding tert-OH is 2. The van der Waals surface area contributed by atoms with Crippen molar-refractivity contribution in [2.75, 3.05) is 0 Å². The van der Waals surface area contributed by atoms with E-state index in [9.17, 15) is 10.2 Å². The second-order valence-corrected chi connectivity index (χ2v) is 4.60. The van der Waals surface area contributed by atoms with Crippen molar-refractivity contribution < 1.29 is 10.2 Å². The van der Waals surface area contributed by atoms with Crippen molar-refractivity contribution in [3.8, 4) is 0 Å². The normalized spacial score (nSPS) is 15.4. The van der Waals surface area contributed by atoms with Crippen molar-refractivity contribution in [1.29, 1.82) is 0 Å². The van der Waals surface area contributed by atoms with Crippen LogP contribution in [0.3, 0.4) is 0 Å². The predicted octanol–water partition coefficient (Wildman–Crippen LogP) is 2.35. The second kappa shape index (κ2) is 4.77. The first-order valence-corrected chi connectivity index (χ1v) is 5.36. The molecule has 0 aliphatic rings. The van der Waals surface area contributed by atoms with Gasteiger partial charge in [-0.1, -0.05) is 43.2 Å². The predicted molar refractivity (Wildman–Crippen MR) is 61.7 cm³/mol. The van der Waals surface area contributed by atoms with E-state index in [-0.39, 0.29) is 5.92 Å². The molecule has 0 aliphatic carbocycles. The first-order valence-electron chi connectivity index (χ1n) is 5.36. The molecule has 0 heterocycles. The van der Waals surface area contributed by atoms with Gasteiger partial charge in [0.2, 0.25) is 0 Å². The highest BCUT2D eigenvalue weighted by Crippen LogP contribution is 2.23. The molecule has 2 nitrogen and oxygen atoms in total. The maximum Gasteiger partial charge on any atom is 0.105 e. The molecule has 2 unspecified atom stereocenters. The van der Waals surface area contributed by atoms with Crippen molar-refractivity contribution in [3.05, 3.63) is 34.9 Å². The van der Waals surface area contributed by atoms with Gasteiger partial charge in [0, 0.05) is 0 Å². The van der Waals surface area contributed by atoms with E-state index in [0.29, 0.717) is 0 Å². The third-order valence-electron chi connectivity index (χ3n) is 2.59. The summed E-state index contributed by atoms with van der Waals surface area (Å²) in [4.78, 5) is 0. The highest BCUT2D eigenvalue weighted by atomic mass is 16.3. The summed E-state index contributed by atoms with van der Waals surface area (Å²) < 4.78 is 0. The standard InChI is InChI=1S/C13H20O2/c1-8(2)12(14)13(15)11-6-9(3)5-10(4)7-11/h5-8,12-15H,1-4H3. The lowest BCUT2D eigenvalue weighted by Crippen LogP contribution is -2.24. The van der Waals surface area contributed by atoms with Crippen LogP contribution in [0.4, 0.5) is 0 Å². The Morgan fingerprint density at radius 3 is 1.80 bits per heavy atom. The van der Waals surface area contributed by atoms with Crippen molar-refractivity contribution in [1.82, 2.24) is 0 Å². The molecule has 0 bridgehead atoms. The number of aliphatic hydroxyl groups is 2. The highest BCUT2D eigenvalue weighted by Gasteiger charge is 2.21. The van der Waals surface area contributed by atoms with E-state index >= 15 is 0 Å². The lowest BCUT2D eigenvalue weighted by atomic mass is 9.94. The van der Waals surface area contributed by atoms with Gasteiger partial charge in [0.1, 0.15) is 6.10 Å². The van der Waals surface area contributed by atoms with Gasteiger partial charge < -0.3 is 10.2 Å². The Hall–Kier alpha value is -0.860. The minimum atomic E-state index is -0.788. The van der Waals surface area contributed by atoms with Crippen LogP contribution >= 0.6 is 0 Å². The monoisotopic (exact) mass is 208 g/mol. The van der Waals surface area contributed by atoms with E-state index in [0.717, 1.165) is 16.7 Å². The smallest absolute Gasteiger partial charge is 0.105 e. The molecule has 84 valence electrons. The van der Waals surface area contributed by atoms with E-state index in [1.807, 2.05) is 39.8 Å². The van der Waals surface area contributed by atoms with Crippen LogP contribution in [0, 0.1) is 19.8 Å². The largest absolute Gasteiger partial charge is 0.390 e. The molecule has 15 heavy (non-hydrogen) atoms. The van der Waals surface area contributed by atoms with E-state index in [1.54, 1.807) is 0 Å². The van der Waals surface area contributed by atoms with Crippen LogP contribution in [0.2, 0.25) is 0 Å². The summed E-state index contributed by atoms with van der Waals surface area (Å²) in [7, 11) is 0. The Morgan fingerprint density at radius 1 is 0.933 bits per heavy atom. The van der Waals surface area contributed by atoms with E-state index in [2.05, 4.69) is 6.07 Å². The topological polar surface area (TPSA) is 40.5 Å². The van der Waals surface area contributed by atoms with Crippen LogP contribution in [0.25, 0.3) is 0 Å². The molecule has 0 saturated carbocycles. The van der Waals surface area contributed by atoms with Crippen LogP contribution in [0.15, 0.2) is 18.2 Å². The molecule has 0 saturated heterocycles. The number of rotatable bonds is 3. The molecule has 0 spiro atoms. The number of aryl methyl sites for hydroxylation is 2. The Labute approximate surface area is 91.6 Å². The van der Waals surface area contributed by atoms with E-state index < -0.39 is 12.2 Å². The lowest BCUT2D eigenvalue weighted by molar-refractivity contribution is -0.00944. The van der Waals surface area contributed by atoms with Gasteiger partial charge >= 0.3 is 0 Å². The average Bonchev–Trinajstić information content (AvgIpc) is 2.13. The highest BCUT2D eigenvalue weighted by molar-refractivity contribution is 5.30. The van der Waals surface area contributed by atoms with Crippen LogP contribution < -0.4 is 0 Å². The van der Waals surface area contributed by atoms with Crippen LogP contribution in [-0.2, 0) is 0 Å². The fraction of sp³-hybridized carbons (Fsp3) is 0.538. The van der Waals surface area contributed by atoms with E-state index in [1.165, 1.54) is 0 Å². The van der Waals surface area contributed by atoms with Gasteiger partial charge in [0.25, 0.3) is 0 Å². The summed E-state index contributed by atoms with van der Waals surface area (Å²) in [6, 6.07) is 5.89. The number of benzene rings is 1. The Balaban J connectivity index is 2.95. The van der Waals surface area contributed by atoms with Gasteiger partial charge in [-0.3, -0.25) is 0 Å². The summed E-state index contributed by atoms with van der Waals surface area (Å²) >= 11 is 0. The molecule has 1 aromatic carbocycles. The third kappa shape index (κ3) is 3.05. The molecule has 2 N–H and O–H groups in total. The number of hydrogen-bond donors (Lipinski definition) is 2. The third-order valence-corrected chi connectivity index (χ3v) is 2.59. The summed E-state index contributed by atoms with van der Waals surface area (Å²) in [5, 5.41) is 19.7. The first kappa shape index (κ1) is 12.2. The molecule has 0 aliphatic heterocycles. The van der Waals surface area contributed by atoms with Crippen molar-refractivity contribution in [2.24, 2.45) is 5.92 Å². The molecule has 2 heteroatoms. The number of hydrogen-bond acceptors (Lipinski definition) is 2. The molecular weight excluding hydrogens is 188 g/mol. The van der Waals surface area contributed by atoms with Crippen molar-refractivity contribution >= 4 is 0 Å². The summed E-state index contributed by atoms with van der Waals surface area (Å²) in [5.74, 6) is 0.0563. The maximum atomic E-state index is 9.96. The van der Waals surface area contributed by atoms with Gasteiger partial charge in [-0.15, -0.1) is 0 Å². The van der Waals surface area contributed by atoms with Crippen LogP contribution in [-0.4, -0.2) is 16.3 Å². The minimum Gasteiger partial charge on any atom is -0.390 e. The SMILES string of the molecule is Cc1cc(C)cc(C(O)C(O)C(C)C)c1. The summed E-state index contributed by atoms with van der Waals surface area (Å²) in [5.41, 5.74) is 3.02. The maximum absolute atomic E-state index is 9.96.